The maximum atomic E-state index is 14.0. The van der Waals surface area contributed by atoms with E-state index in [0.717, 1.165) is 10.6 Å². The van der Waals surface area contributed by atoms with Crippen LogP contribution in [0.3, 0.4) is 0 Å². The molecule has 1 amide bonds. The van der Waals surface area contributed by atoms with Gasteiger partial charge in [-0.25, -0.2) is 12.8 Å². The second-order valence-corrected chi connectivity index (χ2v) is 9.03. The van der Waals surface area contributed by atoms with Gasteiger partial charge in [-0.2, -0.15) is 0 Å². The Bertz CT molecular complexity index is 1280. The Morgan fingerprint density at radius 3 is 2.34 bits per heavy atom. The van der Waals surface area contributed by atoms with Crippen molar-refractivity contribution in [1.29, 1.82) is 0 Å². The molecule has 0 saturated heterocycles. The van der Waals surface area contributed by atoms with Gasteiger partial charge in [0.15, 0.2) is 0 Å². The molecule has 0 aliphatic heterocycles. The summed E-state index contributed by atoms with van der Waals surface area (Å²) in [5.74, 6) is -1.04. The average Bonchev–Trinajstić information content (AvgIpc) is 2.74. The molecule has 3 aromatic carbocycles. The number of nitrogens with one attached hydrogen (secondary N) is 1. The highest BCUT2D eigenvalue weighted by Gasteiger charge is 2.20. The fourth-order valence-corrected chi connectivity index (χ4v) is 3.89. The standard InChI is InChI=1S/C22H20FN3O5S/c1-15-7-10-19(26(28)29)13-21(15)24-22(27)16-8-11-18(12-9-16)25(32(2,30)31)14-17-5-3-4-6-20(17)23/h3-13H,14H2,1-2H3,(H,24,27). The normalized spacial score (nSPS) is 11.1. The molecule has 0 atom stereocenters. The van der Waals surface area contributed by atoms with Crippen molar-refractivity contribution in [2.24, 2.45) is 0 Å². The smallest absolute Gasteiger partial charge is 0.271 e. The van der Waals surface area contributed by atoms with E-state index in [2.05, 4.69) is 5.32 Å². The number of benzene rings is 3. The van der Waals surface area contributed by atoms with Crippen LogP contribution in [0.15, 0.2) is 66.7 Å². The van der Waals surface area contributed by atoms with Gasteiger partial charge < -0.3 is 5.32 Å². The number of carbonyl (C=O) groups excluding carboxylic acids is 1. The average molecular weight is 457 g/mol. The zero-order valence-corrected chi connectivity index (χ0v) is 18.1. The number of carbonyl (C=O) groups is 1. The Kier molecular flexibility index (Phi) is 6.54. The molecule has 0 bridgehead atoms. The van der Waals surface area contributed by atoms with Gasteiger partial charge in [-0.3, -0.25) is 19.2 Å². The number of non-ortho nitro benzene ring substituents is 1. The van der Waals surface area contributed by atoms with Gasteiger partial charge >= 0.3 is 0 Å². The van der Waals surface area contributed by atoms with E-state index in [1.165, 1.54) is 60.7 Å². The van der Waals surface area contributed by atoms with E-state index in [-0.39, 0.29) is 29.0 Å². The third-order valence-electron chi connectivity index (χ3n) is 4.77. The number of nitro groups is 1. The van der Waals surface area contributed by atoms with Gasteiger partial charge in [0.1, 0.15) is 5.82 Å². The highest BCUT2D eigenvalue weighted by Crippen LogP contribution is 2.25. The second kappa shape index (κ2) is 9.15. The summed E-state index contributed by atoms with van der Waals surface area (Å²) in [7, 11) is -3.73. The largest absolute Gasteiger partial charge is 0.321 e. The molecule has 1 N–H and O–H groups in total. The van der Waals surface area contributed by atoms with Crippen LogP contribution in [0.4, 0.5) is 21.5 Å². The molecule has 0 aromatic heterocycles. The van der Waals surface area contributed by atoms with E-state index in [0.29, 0.717) is 11.3 Å². The lowest BCUT2D eigenvalue weighted by molar-refractivity contribution is -0.384. The second-order valence-electron chi connectivity index (χ2n) is 7.12. The van der Waals surface area contributed by atoms with E-state index in [1.807, 2.05) is 0 Å². The number of anilines is 2. The molecule has 8 nitrogen and oxygen atoms in total. The van der Waals surface area contributed by atoms with Crippen molar-refractivity contribution >= 4 is 33.0 Å². The molecule has 3 aromatic rings. The number of hydrogen-bond acceptors (Lipinski definition) is 5. The highest BCUT2D eigenvalue weighted by atomic mass is 32.2. The first kappa shape index (κ1) is 22.9. The molecule has 10 heteroatoms. The summed E-state index contributed by atoms with van der Waals surface area (Å²) in [6, 6.07) is 15.8. The van der Waals surface area contributed by atoms with Gasteiger partial charge in [-0.15, -0.1) is 0 Å². The zero-order chi connectivity index (χ0) is 23.5. The molecule has 0 aliphatic rings. The number of halogens is 1. The minimum Gasteiger partial charge on any atom is -0.321 e. The van der Waals surface area contributed by atoms with Crippen LogP contribution in [-0.2, 0) is 16.6 Å². The molecule has 0 aliphatic carbocycles. The zero-order valence-electron chi connectivity index (χ0n) is 17.3. The van der Waals surface area contributed by atoms with Crippen LogP contribution in [0.1, 0.15) is 21.5 Å². The lowest BCUT2D eigenvalue weighted by Gasteiger charge is -2.23. The number of rotatable bonds is 7. The molecule has 32 heavy (non-hydrogen) atoms. The minimum absolute atomic E-state index is 0.154. The van der Waals surface area contributed by atoms with E-state index in [4.69, 9.17) is 0 Å². The fourth-order valence-electron chi connectivity index (χ4n) is 3.01. The van der Waals surface area contributed by atoms with Crippen LogP contribution < -0.4 is 9.62 Å². The Morgan fingerprint density at radius 1 is 1.09 bits per heavy atom. The van der Waals surface area contributed by atoms with Crippen molar-refractivity contribution < 1.29 is 22.5 Å². The van der Waals surface area contributed by atoms with Crippen molar-refractivity contribution in [3.05, 3.63) is 99.4 Å². The van der Waals surface area contributed by atoms with E-state index < -0.39 is 26.7 Å². The van der Waals surface area contributed by atoms with Crippen LogP contribution in [-0.4, -0.2) is 25.5 Å². The number of nitro benzene ring substituents is 1. The number of amides is 1. The van der Waals surface area contributed by atoms with E-state index >= 15 is 0 Å². The van der Waals surface area contributed by atoms with Gasteiger partial charge in [0.05, 0.1) is 29.1 Å². The monoisotopic (exact) mass is 457 g/mol. The predicted molar refractivity (Wildman–Crippen MR) is 120 cm³/mol. The first-order chi connectivity index (χ1) is 15.1. The molecule has 3 rings (SSSR count). The lowest BCUT2D eigenvalue weighted by atomic mass is 10.1. The molecule has 0 heterocycles. The Hall–Kier alpha value is -3.79. The molecule has 0 spiro atoms. The fraction of sp³-hybridized carbons (Fsp3) is 0.136. The summed E-state index contributed by atoms with van der Waals surface area (Å²) in [5, 5.41) is 13.6. The minimum atomic E-state index is -3.73. The Labute approximate surface area is 184 Å². The summed E-state index contributed by atoms with van der Waals surface area (Å²) >= 11 is 0. The summed E-state index contributed by atoms with van der Waals surface area (Å²) in [6.45, 7) is 1.50. The van der Waals surface area contributed by atoms with Crippen LogP contribution in [0.2, 0.25) is 0 Å². The summed E-state index contributed by atoms with van der Waals surface area (Å²) in [6.07, 6.45) is 1.01. The van der Waals surface area contributed by atoms with Crippen LogP contribution >= 0.6 is 0 Å². The number of sulfonamides is 1. The molecule has 0 unspecified atom stereocenters. The van der Waals surface area contributed by atoms with Crippen molar-refractivity contribution in [2.75, 3.05) is 15.9 Å². The van der Waals surface area contributed by atoms with Crippen LogP contribution in [0.25, 0.3) is 0 Å². The first-order valence-corrected chi connectivity index (χ1v) is 11.3. The van der Waals surface area contributed by atoms with Gasteiger partial charge in [-0.05, 0) is 42.8 Å². The summed E-state index contributed by atoms with van der Waals surface area (Å²) in [4.78, 5) is 23.0. The van der Waals surface area contributed by atoms with Gasteiger partial charge in [0.25, 0.3) is 11.6 Å². The molecule has 166 valence electrons. The summed E-state index contributed by atoms with van der Waals surface area (Å²) in [5.41, 5.74) is 1.48. The lowest BCUT2D eigenvalue weighted by Crippen LogP contribution is -2.29. The van der Waals surface area contributed by atoms with Gasteiger partial charge in [0.2, 0.25) is 10.0 Å². The third-order valence-corrected chi connectivity index (χ3v) is 5.91. The molecular weight excluding hydrogens is 437 g/mol. The predicted octanol–water partition coefficient (Wildman–Crippen LogP) is 4.26. The molecular formula is C22H20FN3O5S. The molecule has 0 radical (unpaired) electrons. The maximum absolute atomic E-state index is 14.0. The Balaban J connectivity index is 1.84. The summed E-state index contributed by atoms with van der Waals surface area (Å²) < 4.78 is 39.7. The van der Waals surface area contributed by atoms with Crippen molar-refractivity contribution in [2.45, 2.75) is 13.5 Å². The molecule has 0 saturated carbocycles. The number of hydrogen-bond donors (Lipinski definition) is 1. The highest BCUT2D eigenvalue weighted by molar-refractivity contribution is 7.92. The van der Waals surface area contributed by atoms with Crippen LogP contribution in [0, 0.1) is 22.9 Å². The number of aryl methyl sites for hydroxylation is 1. The quantitative estimate of drug-likeness (QED) is 0.421. The molecule has 0 fully saturated rings. The topological polar surface area (TPSA) is 110 Å². The van der Waals surface area contributed by atoms with Crippen molar-refractivity contribution in [3.8, 4) is 0 Å². The van der Waals surface area contributed by atoms with Crippen LogP contribution in [0.5, 0.6) is 0 Å². The van der Waals surface area contributed by atoms with Gasteiger partial charge in [0, 0.05) is 23.3 Å². The number of nitrogens with zero attached hydrogens (tertiary/aromatic N) is 2. The first-order valence-electron chi connectivity index (χ1n) is 9.44. The van der Waals surface area contributed by atoms with Gasteiger partial charge in [-0.1, -0.05) is 24.3 Å². The van der Waals surface area contributed by atoms with E-state index in [1.54, 1.807) is 13.0 Å². The SMILES string of the molecule is Cc1ccc([N+](=O)[O-])cc1NC(=O)c1ccc(N(Cc2ccccc2F)S(C)(=O)=O)cc1. The van der Waals surface area contributed by atoms with Crippen molar-refractivity contribution in [3.63, 3.8) is 0 Å². The Morgan fingerprint density at radius 2 is 1.75 bits per heavy atom. The van der Waals surface area contributed by atoms with E-state index in [9.17, 15) is 27.7 Å². The maximum Gasteiger partial charge on any atom is 0.271 e. The third kappa shape index (κ3) is 5.27. The van der Waals surface area contributed by atoms with Crippen molar-refractivity contribution in [1.82, 2.24) is 0 Å².